The number of thiol groups is 1. The van der Waals surface area contributed by atoms with E-state index in [0.29, 0.717) is 12.5 Å². The first-order valence-corrected chi connectivity index (χ1v) is 11.9. The molecule has 1 fully saturated rings. The third kappa shape index (κ3) is 8.73. The summed E-state index contributed by atoms with van der Waals surface area (Å²) in [6, 6.07) is 0. The lowest BCUT2D eigenvalue weighted by Gasteiger charge is -2.36. The highest BCUT2D eigenvalue weighted by atomic mass is 32.9. The van der Waals surface area contributed by atoms with Crippen LogP contribution in [0.15, 0.2) is 0 Å². The number of amides is 1. The summed E-state index contributed by atoms with van der Waals surface area (Å²) in [7, 11) is 1.68. The van der Waals surface area contributed by atoms with Gasteiger partial charge in [-0.2, -0.15) is 0 Å². The van der Waals surface area contributed by atoms with Gasteiger partial charge in [-0.3, -0.25) is 0 Å². The number of likely N-dealkylation sites (N-methyl/N-ethyl adjacent to an activating group) is 1. The minimum atomic E-state index is -3.09. The Bertz CT molecular complexity index is 449. The monoisotopic (exact) mass is 383 g/mol. The summed E-state index contributed by atoms with van der Waals surface area (Å²) in [5.74, 6) is 0.883. The van der Waals surface area contributed by atoms with Gasteiger partial charge in [-0.15, -0.1) is 0 Å². The minimum Gasteiger partial charge on any atom is -0.444 e. The normalized spacial score (nSPS) is 26.2. The van der Waals surface area contributed by atoms with Crippen molar-refractivity contribution in [1.82, 2.24) is 4.90 Å². The van der Waals surface area contributed by atoms with Gasteiger partial charge in [0.1, 0.15) is 5.60 Å². The average molecular weight is 384 g/mol. The van der Waals surface area contributed by atoms with E-state index in [-0.39, 0.29) is 12.0 Å². The van der Waals surface area contributed by atoms with E-state index in [0.717, 1.165) is 19.3 Å². The summed E-state index contributed by atoms with van der Waals surface area (Å²) < 4.78 is 11.0. The fourth-order valence-electron chi connectivity index (χ4n) is 2.95. The van der Waals surface area contributed by atoms with Crippen LogP contribution in [0.3, 0.4) is 0 Å². The Hall–Kier alpha value is 0.190. The smallest absolute Gasteiger partial charge is 0.410 e. The van der Waals surface area contributed by atoms with E-state index >= 15 is 0 Å². The van der Waals surface area contributed by atoms with Crippen LogP contribution in [0.2, 0.25) is 0 Å². The van der Waals surface area contributed by atoms with E-state index in [9.17, 15) is 9.69 Å². The summed E-state index contributed by atoms with van der Waals surface area (Å²) in [6.45, 7) is 8.05. The summed E-state index contributed by atoms with van der Waals surface area (Å²) in [5, 5.41) is 0. The van der Waals surface area contributed by atoms with Crippen molar-refractivity contribution >= 4 is 35.8 Å². The fraction of sp³-hybridized carbons (Fsp3) is 0.933. The Kier molecular flexibility index (Phi) is 7.87. The summed E-state index contributed by atoms with van der Waals surface area (Å²) >= 11 is 8.94. The molecule has 0 saturated heterocycles. The third-order valence-corrected chi connectivity index (χ3v) is 5.02. The van der Waals surface area contributed by atoms with Crippen LogP contribution in [0.25, 0.3) is 0 Å². The molecule has 23 heavy (non-hydrogen) atoms. The van der Waals surface area contributed by atoms with Crippen molar-refractivity contribution in [2.24, 2.45) is 11.8 Å². The van der Waals surface area contributed by atoms with Crippen LogP contribution in [0, 0.1) is 11.8 Å². The second-order valence-corrected chi connectivity index (χ2v) is 12.6. The summed E-state index contributed by atoms with van der Waals surface area (Å²) in [5.41, 5.74) is -3.63. The molecule has 1 rings (SSSR count). The molecule has 0 aliphatic heterocycles. The number of hydrogen-bond acceptors (Lipinski definition) is 4. The van der Waals surface area contributed by atoms with Crippen LogP contribution in [-0.4, -0.2) is 41.2 Å². The highest BCUT2D eigenvalue weighted by molar-refractivity contribution is 8.59. The van der Waals surface area contributed by atoms with Gasteiger partial charge in [0, 0.05) is 7.05 Å². The van der Waals surface area contributed by atoms with E-state index in [1.54, 1.807) is 7.05 Å². The van der Waals surface area contributed by atoms with Gasteiger partial charge in [-0.1, -0.05) is 32.0 Å². The zero-order chi connectivity index (χ0) is 17.8. The lowest BCUT2D eigenvalue weighted by atomic mass is 9.79. The molecule has 0 radical (unpaired) electrons. The molecule has 0 aromatic carbocycles. The SMILES string of the molecule is CC1CCCC(C(CN(C)C(=O)OC(C)(C)C)OP(O)(=S)S)C1. The molecule has 1 saturated carbocycles. The minimum absolute atomic E-state index is 0.269. The highest BCUT2D eigenvalue weighted by Crippen LogP contribution is 2.50. The van der Waals surface area contributed by atoms with Crippen LogP contribution in [0.5, 0.6) is 0 Å². The van der Waals surface area contributed by atoms with Crippen molar-refractivity contribution in [2.45, 2.75) is 65.1 Å². The van der Waals surface area contributed by atoms with Gasteiger partial charge in [0.25, 0.3) is 0 Å². The zero-order valence-corrected chi connectivity index (χ0v) is 17.3. The van der Waals surface area contributed by atoms with Gasteiger partial charge in [0.2, 0.25) is 5.69 Å². The maximum Gasteiger partial charge on any atom is 0.410 e. The van der Waals surface area contributed by atoms with Gasteiger partial charge < -0.3 is 19.1 Å². The molecule has 0 spiro atoms. The van der Waals surface area contributed by atoms with E-state index < -0.39 is 17.4 Å². The molecular formula is C15H30NO4PS2. The predicted molar refractivity (Wildman–Crippen MR) is 100 cm³/mol. The van der Waals surface area contributed by atoms with Gasteiger partial charge in [0.05, 0.1) is 12.6 Å². The van der Waals surface area contributed by atoms with Crippen LogP contribution >= 0.6 is 17.9 Å². The molecule has 5 nitrogen and oxygen atoms in total. The van der Waals surface area contributed by atoms with Crippen LogP contribution in [0.1, 0.15) is 53.4 Å². The molecule has 136 valence electrons. The number of nitrogens with zero attached hydrogens (tertiary/aromatic N) is 1. The van der Waals surface area contributed by atoms with Crippen molar-refractivity contribution < 1.29 is 18.9 Å². The molecule has 1 aliphatic carbocycles. The van der Waals surface area contributed by atoms with Crippen molar-refractivity contribution in [2.75, 3.05) is 13.6 Å². The number of carbonyl (C=O) groups excluding carboxylic acids is 1. The van der Waals surface area contributed by atoms with Gasteiger partial charge in [0.15, 0.2) is 0 Å². The Morgan fingerprint density at radius 2 is 2.09 bits per heavy atom. The van der Waals surface area contributed by atoms with E-state index in [1.807, 2.05) is 20.8 Å². The maximum atomic E-state index is 12.2. The standard InChI is InChI=1S/C15H30NO4PS2/c1-11-7-6-8-12(9-11)13(20-21(18,22)23)10-16(5)14(17)19-15(2,3)4/h11-13H,6-10H2,1-5H3,(H2,18,22,23). The molecule has 1 N–H and O–H groups in total. The molecule has 0 aromatic heterocycles. The molecule has 4 unspecified atom stereocenters. The molecule has 4 atom stereocenters. The number of hydrogen-bond donors (Lipinski definition) is 2. The molecule has 1 amide bonds. The van der Waals surface area contributed by atoms with Crippen molar-refractivity contribution in [3.05, 3.63) is 0 Å². The number of ether oxygens (including phenoxy) is 1. The molecule has 0 aromatic rings. The van der Waals surface area contributed by atoms with Crippen LogP contribution < -0.4 is 0 Å². The predicted octanol–water partition coefficient (Wildman–Crippen LogP) is 4.21. The second-order valence-electron chi connectivity index (χ2n) is 7.53. The number of rotatable bonds is 5. The maximum absolute atomic E-state index is 12.2. The third-order valence-electron chi connectivity index (χ3n) is 3.93. The first-order chi connectivity index (χ1) is 10.4. The van der Waals surface area contributed by atoms with E-state index in [2.05, 4.69) is 19.2 Å². The zero-order valence-electron chi connectivity index (χ0n) is 14.7. The quantitative estimate of drug-likeness (QED) is 0.550. The Morgan fingerprint density at radius 3 is 2.57 bits per heavy atom. The fourth-order valence-corrected chi connectivity index (χ4v) is 4.23. The molecule has 1 aliphatic rings. The molecule has 0 heterocycles. The van der Waals surface area contributed by atoms with Crippen molar-refractivity contribution in [1.29, 1.82) is 0 Å². The van der Waals surface area contributed by atoms with E-state index in [4.69, 9.17) is 21.1 Å². The van der Waals surface area contributed by atoms with Gasteiger partial charge >= 0.3 is 6.09 Å². The first-order valence-electron chi connectivity index (χ1n) is 8.05. The molecular weight excluding hydrogens is 353 g/mol. The first kappa shape index (κ1) is 21.2. The highest BCUT2D eigenvalue weighted by Gasteiger charge is 2.32. The van der Waals surface area contributed by atoms with Crippen LogP contribution in [-0.2, 0) is 21.1 Å². The largest absolute Gasteiger partial charge is 0.444 e. The van der Waals surface area contributed by atoms with E-state index in [1.165, 1.54) is 11.3 Å². The lowest BCUT2D eigenvalue weighted by molar-refractivity contribution is 0.0139. The Morgan fingerprint density at radius 1 is 1.48 bits per heavy atom. The molecule has 8 heteroatoms. The van der Waals surface area contributed by atoms with Gasteiger partial charge in [-0.25, -0.2) is 4.79 Å². The molecule has 0 bridgehead atoms. The topological polar surface area (TPSA) is 59.0 Å². The van der Waals surface area contributed by atoms with Crippen LogP contribution in [0.4, 0.5) is 4.79 Å². The lowest BCUT2D eigenvalue weighted by Crippen LogP contribution is -2.42. The van der Waals surface area contributed by atoms with Crippen molar-refractivity contribution in [3.63, 3.8) is 0 Å². The average Bonchev–Trinajstić information content (AvgIpc) is 2.34. The second kappa shape index (κ2) is 8.52. The Balaban J connectivity index is 2.76. The van der Waals surface area contributed by atoms with Crippen molar-refractivity contribution in [3.8, 4) is 0 Å². The Labute approximate surface area is 150 Å². The summed E-state index contributed by atoms with van der Waals surface area (Å²) in [6.07, 6.45) is 3.64. The summed E-state index contributed by atoms with van der Waals surface area (Å²) in [4.78, 5) is 23.5. The number of carbonyl (C=O) groups is 1. The van der Waals surface area contributed by atoms with Gasteiger partial charge in [-0.05, 0) is 57.3 Å².